The molecule has 4 aromatic rings. The highest BCUT2D eigenvalue weighted by Crippen LogP contribution is 2.31. The van der Waals surface area contributed by atoms with Gasteiger partial charge in [-0.25, -0.2) is 9.99 Å². The summed E-state index contributed by atoms with van der Waals surface area (Å²) in [4.78, 5) is 34.7. The highest BCUT2D eigenvalue weighted by atomic mass is 32.2. The quantitative estimate of drug-likeness (QED) is 0.333. The molecule has 178 valence electrons. The summed E-state index contributed by atoms with van der Waals surface area (Å²) < 4.78 is 5.88. The van der Waals surface area contributed by atoms with Crippen LogP contribution in [0.5, 0.6) is 5.75 Å². The molecule has 1 aliphatic rings. The SMILES string of the molecule is COc1ccc(-c2nnc(SCC(=O)N3CCCN3C(=O)c3csc(-c4cccnc4)n3)s2)cc1. The number of methoxy groups -OCH3 is 1. The highest BCUT2D eigenvalue weighted by Gasteiger charge is 2.32. The predicted octanol–water partition coefficient (Wildman–Crippen LogP) is 4.11. The lowest BCUT2D eigenvalue weighted by Gasteiger charge is -2.27. The number of nitrogens with zero attached hydrogens (tertiary/aromatic N) is 6. The fourth-order valence-corrected chi connectivity index (χ4v) is 6.04. The Bertz CT molecular complexity index is 1330. The third-order valence-corrected chi connectivity index (χ3v) is 8.23. The van der Waals surface area contributed by atoms with Crippen LogP contribution in [0.25, 0.3) is 21.1 Å². The van der Waals surface area contributed by atoms with Gasteiger partial charge in [-0.15, -0.1) is 21.5 Å². The number of ether oxygens (including phenoxy) is 1. The summed E-state index contributed by atoms with van der Waals surface area (Å²) in [5, 5.41) is 14.7. The number of rotatable bonds is 7. The first-order valence-corrected chi connectivity index (χ1v) is 13.4. The van der Waals surface area contributed by atoms with Crippen molar-refractivity contribution in [2.24, 2.45) is 0 Å². The van der Waals surface area contributed by atoms with E-state index in [1.165, 1.54) is 44.5 Å². The minimum absolute atomic E-state index is 0.148. The zero-order valence-corrected chi connectivity index (χ0v) is 21.1. The van der Waals surface area contributed by atoms with Crippen molar-refractivity contribution in [1.82, 2.24) is 30.2 Å². The minimum atomic E-state index is -0.273. The lowest BCUT2D eigenvalue weighted by molar-refractivity contribution is -0.137. The Hall–Kier alpha value is -3.35. The predicted molar refractivity (Wildman–Crippen MR) is 135 cm³/mol. The molecule has 0 unspecified atom stereocenters. The number of pyridine rings is 1. The molecule has 0 saturated carbocycles. The monoisotopic (exact) mass is 524 g/mol. The Labute approximate surface area is 213 Å². The number of hydrogen-bond donors (Lipinski definition) is 0. The summed E-state index contributed by atoms with van der Waals surface area (Å²) >= 11 is 4.13. The molecule has 1 aromatic carbocycles. The van der Waals surface area contributed by atoms with Crippen LogP contribution in [-0.4, -0.2) is 67.9 Å². The summed E-state index contributed by atoms with van der Waals surface area (Å²) in [5.41, 5.74) is 2.12. The molecule has 12 heteroatoms. The average molecular weight is 525 g/mol. The Morgan fingerprint density at radius 3 is 2.66 bits per heavy atom. The van der Waals surface area contributed by atoms with Gasteiger partial charge in [-0.05, 0) is 42.8 Å². The van der Waals surface area contributed by atoms with Gasteiger partial charge in [0.1, 0.15) is 21.5 Å². The van der Waals surface area contributed by atoms with E-state index in [2.05, 4.69) is 20.2 Å². The number of thiazole rings is 1. The molecule has 0 bridgehead atoms. The van der Waals surface area contributed by atoms with Crippen molar-refractivity contribution in [1.29, 1.82) is 0 Å². The zero-order chi connectivity index (χ0) is 24.2. The maximum absolute atomic E-state index is 13.1. The number of thioether (sulfide) groups is 1. The van der Waals surface area contributed by atoms with Gasteiger partial charge in [-0.1, -0.05) is 23.1 Å². The smallest absolute Gasteiger partial charge is 0.291 e. The van der Waals surface area contributed by atoms with Crippen molar-refractivity contribution in [3.05, 3.63) is 59.9 Å². The van der Waals surface area contributed by atoms with Gasteiger partial charge >= 0.3 is 0 Å². The van der Waals surface area contributed by atoms with Gasteiger partial charge in [-0.3, -0.25) is 19.6 Å². The lowest BCUT2D eigenvalue weighted by Crippen LogP contribution is -2.45. The highest BCUT2D eigenvalue weighted by molar-refractivity contribution is 8.01. The summed E-state index contributed by atoms with van der Waals surface area (Å²) in [7, 11) is 1.62. The number of carbonyl (C=O) groups excluding carboxylic acids is 2. The summed E-state index contributed by atoms with van der Waals surface area (Å²) in [6, 6.07) is 11.3. The van der Waals surface area contributed by atoms with Gasteiger partial charge in [0, 0.05) is 42.0 Å². The van der Waals surface area contributed by atoms with Crippen molar-refractivity contribution in [3.8, 4) is 26.9 Å². The molecule has 0 N–H and O–H groups in total. The largest absolute Gasteiger partial charge is 0.497 e. The molecule has 1 saturated heterocycles. The van der Waals surface area contributed by atoms with Crippen LogP contribution in [0.3, 0.4) is 0 Å². The van der Waals surface area contributed by atoms with E-state index in [-0.39, 0.29) is 17.6 Å². The van der Waals surface area contributed by atoms with Crippen LogP contribution < -0.4 is 4.74 Å². The summed E-state index contributed by atoms with van der Waals surface area (Å²) in [6.45, 7) is 0.980. The molecule has 35 heavy (non-hydrogen) atoms. The number of hydrazine groups is 1. The maximum Gasteiger partial charge on any atom is 0.291 e. The molecule has 0 radical (unpaired) electrons. The number of amides is 2. The van der Waals surface area contributed by atoms with Gasteiger partial charge < -0.3 is 4.74 Å². The van der Waals surface area contributed by atoms with Crippen LogP contribution in [0.15, 0.2) is 58.5 Å². The first-order chi connectivity index (χ1) is 17.1. The first-order valence-electron chi connectivity index (χ1n) is 10.7. The molecular weight excluding hydrogens is 504 g/mol. The molecule has 0 aliphatic carbocycles. The van der Waals surface area contributed by atoms with Crippen LogP contribution in [-0.2, 0) is 4.79 Å². The molecule has 2 amide bonds. The van der Waals surface area contributed by atoms with E-state index in [4.69, 9.17) is 4.74 Å². The van der Waals surface area contributed by atoms with Crippen LogP contribution in [0, 0.1) is 0 Å². The Morgan fingerprint density at radius 2 is 1.89 bits per heavy atom. The van der Waals surface area contributed by atoms with E-state index in [0.29, 0.717) is 23.1 Å². The molecule has 1 fully saturated rings. The van der Waals surface area contributed by atoms with Gasteiger partial charge in [0.15, 0.2) is 4.34 Å². The standard InChI is InChI=1S/C23H20N6O3S3/c1-32-17-7-5-15(6-8-17)21-26-27-23(35-21)34-14-19(30)28-10-3-11-29(28)22(31)18-13-33-20(25-18)16-4-2-9-24-12-16/h2,4-9,12-13H,3,10-11,14H2,1H3. The Kier molecular flexibility index (Phi) is 7.02. The van der Waals surface area contributed by atoms with Crippen molar-refractivity contribution < 1.29 is 14.3 Å². The average Bonchev–Trinajstić information content (AvgIpc) is 3.68. The van der Waals surface area contributed by atoms with E-state index in [1.54, 1.807) is 24.9 Å². The summed E-state index contributed by atoms with van der Waals surface area (Å²) in [5.74, 6) is 0.516. The first kappa shape index (κ1) is 23.4. The number of hydrogen-bond acceptors (Lipinski definition) is 10. The van der Waals surface area contributed by atoms with E-state index in [9.17, 15) is 9.59 Å². The number of benzene rings is 1. The fourth-order valence-electron chi connectivity index (χ4n) is 3.52. The maximum atomic E-state index is 13.1. The Balaban J connectivity index is 1.21. The minimum Gasteiger partial charge on any atom is -0.497 e. The van der Waals surface area contributed by atoms with Gasteiger partial charge in [-0.2, -0.15) is 0 Å². The molecule has 5 rings (SSSR count). The molecule has 0 atom stereocenters. The van der Waals surface area contributed by atoms with Crippen molar-refractivity contribution in [2.75, 3.05) is 26.0 Å². The molecule has 4 heterocycles. The fraction of sp³-hybridized carbons (Fsp3) is 0.217. The third-order valence-electron chi connectivity index (χ3n) is 5.25. The number of aromatic nitrogens is 4. The molecule has 0 spiro atoms. The topological polar surface area (TPSA) is 101 Å². The van der Waals surface area contributed by atoms with Gasteiger partial charge in [0.25, 0.3) is 11.8 Å². The molecule has 3 aromatic heterocycles. The van der Waals surface area contributed by atoms with E-state index < -0.39 is 0 Å². The van der Waals surface area contributed by atoms with E-state index >= 15 is 0 Å². The van der Waals surface area contributed by atoms with Crippen LogP contribution >= 0.6 is 34.4 Å². The zero-order valence-electron chi connectivity index (χ0n) is 18.7. The second-order valence-electron chi connectivity index (χ2n) is 7.47. The van der Waals surface area contributed by atoms with Crippen molar-refractivity contribution in [3.63, 3.8) is 0 Å². The molecular formula is C23H20N6O3S3. The van der Waals surface area contributed by atoms with Crippen LogP contribution in [0.1, 0.15) is 16.9 Å². The lowest BCUT2D eigenvalue weighted by atomic mass is 10.2. The summed E-state index contributed by atoms with van der Waals surface area (Å²) in [6.07, 6.45) is 4.13. The van der Waals surface area contributed by atoms with E-state index in [1.807, 2.05) is 36.4 Å². The Morgan fingerprint density at radius 1 is 1.06 bits per heavy atom. The second-order valence-corrected chi connectivity index (χ2v) is 10.5. The van der Waals surface area contributed by atoms with Gasteiger partial charge in [0.05, 0.1) is 12.9 Å². The van der Waals surface area contributed by atoms with Crippen molar-refractivity contribution in [2.45, 2.75) is 10.8 Å². The molecule has 9 nitrogen and oxygen atoms in total. The normalized spacial score (nSPS) is 13.3. The van der Waals surface area contributed by atoms with Gasteiger partial charge in [0.2, 0.25) is 0 Å². The number of carbonyl (C=O) groups is 2. The van der Waals surface area contributed by atoms with Crippen molar-refractivity contribution >= 4 is 46.2 Å². The third kappa shape index (κ3) is 5.19. The van der Waals surface area contributed by atoms with Crippen LogP contribution in [0.2, 0.25) is 0 Å². The van der Waals surface area contributed by atoms with Crippen LogP contribution in [0.4, 0.5) is 0 Å². The molecule has 1 aliphatic heterocycles. The second kappa shape index (κ2) is 10.5. The van der Waals surface area contributed by atoms with E-state index in [0.717, 1.165) is 33.3 Å².